The van der Waals surface area contributed by atoms with Crippen LogP contribution in [-0.4, -0.2) is 40.0 Å². The van der Waals surface area contributed by atoms with Crippen molar-refractivity contribution in [3.63, 3.8) is 0 Å². The van der Waals surface area contributed by atoms with E-state index in [4.69, 9.17) is 4.74 Å². The van der Waals surface area contributed by atoms with Gasteiger partial charge in [-0.05, 0) is 60.9 Å². The van der Waals surface area contributed by atoms with E-state index >= 15 is 0 Å². The van der Waals surface area contributed by atoms with Gasteiger partial charge in [0.1, 0.15) is 17.0 Å². The number of nitrogens with one attached hydrogen (secondary N) is 1. The Morgan fingerprint density at radius 2 is 2.06 bits per heavy atom. The SMILES string of the molecule is COc1cccc(CN2C(=O)c3cc4sccc4n3C[C@]2(C)C(=O)N[C@H]2CCCC[C@H]2C)c1. The number of hydrogen-bond donors (Lipinski definition) is 1. The van der Waals surface area contributed by atoms with Crippen molar-refractivity contribution in [3.8, 4) is 5.75 Å². The zero-order chi connectivity index (χ0) is 23.2. The Balaban J connectivity index is 1.53. The predicted molar refractivity (Wildman–Crippen MR) is 131 cm³/mol. The summed E-state index contributed by atoms with van der Waals surface area (Å²) in [6.07, 6.45) is 4.48. The fraction of sp³-hybridized carbons (Fsp3) is 0.462. The number of benzene rings is 1. The molecule has 1 aliphatic carbocycles. The number of nitrogens with zero attached hydrogens (tertiary/aromatic N) is 2. The van der Waals surface area contributed by atoms with Crippen LogP contribution in [0, 0.1) is 5.92 Å². The highest BCUT2D eigenvalue weighted by Crippen LogP contribution is 2.36. The van der Waals surface area contributed by atoms with Gasteiger partial charge in [-0.3, -0.25) is 9.59 Å². The molecule has 0 saturated heterocycles. The van der Waals surface area contributed by atoms with Crippen LogP contribution in [0.2, 0.25) is 0 Å². The maximum atomic E-state index is 13.9. The number of aromatic nitrogens is 1. The molecule has 3 atom stereocenters. The summed E-state index contributed by atoms with van der Waals surface area (Å²) in [5.74, 6) is 1.01. The van der Waals surface area contributed by atoms with Crippen LogP contribution in [0.3, 0.4) is 0 Å². The number of methoxy groups -OCH3 is 1. The largest absolute Gasteiger partial charge is 0.497 e. The summed E-state index contributed by atoms with van der Waals surface area (Å²) in [5.41, 5.74) is 1.61. The number of thiophene rings is 1. The lowest BCUT2D eigenvalue weighted by Gasteiger charge is -2.45. The summed E-state index contributed by atoms with van der Waals surface area (Å²) in [6, 6.07) is 11.9. The Kier molecular flexibility index (Phi) is 5.69. The number of carbonyl (C=O) groups excluding carboxylic acids is 2. The van der Waals surface area contributed by atoms with Crippen LogP contribution in [0.1, 0.15) is 55.6 Å². The monoisotopic (exact) mass is 465 g/mol. The van der Waals surface area contributed by atoms with Crippen molar-refractivity contribution in [2.24, 2.45) is 5.92 Å². The molecule has 2 aliphatic rings. The number of amides is 2. The first-order valence-electron chi connectivity index (χ1n) is 11.7. The Morgan fingerprint density at radius 1 is 1.24 bits per heavy atom. The van der Waals surface area contributed by atoms with Crippen LogP contribution in [0.25, 0.3) is 10.2 Å². The van der Waals surface area contributed by atoms with E-state index in [0.29, 0.717) is 24.7 Å². The molecule has 3 heterocycles. The fourth-order valence-corrected chi connectivity index (χ4v) is 6.15. The minimum Gasteiger partial charge on any atom is -0.497 e. The molecule has 0 radical (unpaired) electrons. The molecule has 7 heteroatoms. The first-order chi connectivity index (χ1) is 15.9. The minimum atomic E-state index is -1.00. The fourth-order valence-electron chi connectivity index (χ4n) is 5.33. The number of fused-ring (bicyclic) bond motifs is 3. The predicted octanol–water partition coefficient (Wildman–Crippen LogP) is 4.82. The first-order valence-corrected chi connectivity index (χ1v) is 12.6. The van der Waals surface area contributed by atoms with Gasteiger partial charge in [0.25, 0.3) is 5.91 Å². The molecule has 1 N–H and O–H groups in total. The van der Waals surface area contributed by atoms with Crippen LogP contribution in [-0.2, 0) is 17.9 Å². The van der Waals surface area contributed by atoms with Gasteiger partial charge in [0.15, 0.2) is 0 Å². The molecule has 174 valence electrons. The second kappa shape index (κ2) is 8.52. The molecule has 2 aromatic heterocycles. The molecular weight excluding hydrogens is 434 g/mol. The lowest BCUT2D eigenvalue weighted by molar-refractivity contribution is -0.134. The second-order valence-electron chi connectivity index (χ2n) is 9.64. The number of hydrogen-bond acceptors (Lipinski definition) is 4. The van der Waals surface area contributed by atoms with Crippen molar-refractivity contribution in [2.75, 3.05) is 7.11 Å². The summed E-state index contributed by atoms with van der Waals surface area (Å²) in [6.45, 7) is 4.91. The van der Waals surface area contributed by atoms with Crippen molar-refractivity contribution in [1.29, 1.82) is 0 Å². The van der Waals surface area contributed by atoms with E-state index in [2.05, 4.69) is 12.2 Å². The molecule has 0 spiro atoms. The van der Waals surface area contributed by atoms with Gasteiger partial charge >= 0.3 is 0 Å². The highest BCUT2D eigenvalue weighted by Gasteiger charge is 2.48. The highest BCUT2D eigenvalue weighted by atomic mass is 32.1. The molecule has 3 aromatic rings. The smallest absolute Gasteiger partial charge is 0.271 e. The lowest BCUT2D eigenvalue weighted by atomic mass is 9.85. The zero-order valence-electron chi connectivity index (χ0n) is 19.5. The van der Waals surface area contributed by atoms with E-state index in [1.165, 1.54) is 6.42 Å². The van der Waals surface area contributed by atoms with Crippen LogP contribution in [0.15, 0.2) is 41.8 Å². The van der Waals surface area contributed by atoms with Gasteiger partial charge in [-0.2, -0.15) is 0 Å². The van der Waals surface area contributed by atoms with Gasteiger partial charge in [-0.25, -0.2) is 0 Å². The van der Waals surface area contributed by atoms with Gasteiger partial charge in [0.05, 0.1) is 23.9 Å². The first kappa shape index (κ1) is 22.0. The molecule has 6 nitrogen and oxygen atoms in total. The maximum absolute atomic E-state index is 13.9. The van der Waals surface area contributed by atoms with Crippen molar-refractivity contribution in [3.05, 3.63) is 53.0 Å². The zero-order valence-corrected chi connectivity index (χ0v) is 20.3. The van der Waals surface area contributed by atoms with Crippen LogP contribution in [0.5, 0.6) is 5.75 Å². The Morgan fingerprint density at radius 3 is 2.85 bits per heavy atom. The quantitative estimate of drug-likeness (QED) is 0.588. The van der Waals surface area contributed by atoms with E-state index in [1.807, 2.05) is 53.3 Å². The van der Waals surface area contributed by atoms with Crippen molar-refractivity contribution >= 4 is 33.4 Å². The summed E-state index contributed by atoms with van der Waals surface area (Å²) in [4.78, 5) is 29.4. The topological polar surface area (TPSA) is 63.6 Å². The standard InChI is InChI=1S/C26H31N3O3S/c1-17-7-4-5-10-20(17)27-25(31)26(2)16-28-21-11-12-33-23(21)14-22(28)24(30)29(26)15-18-8-6-9-19(13-18)32-3/h6,8-9,11-14,17,20H,4-5,7,10,15-16H2,1-3H3,(H,27,31)/t17-,20+,26-/m1/s1. The molecule has 1 fully saturated rings. The van der Waals surface area contributed by atoms with E-state index in [-0.39, 0.29) is 17.9 Å². The number of carbonyl (C=O) groups is 2. The van der Waals surface area contributed by atoms with Crippen LogP contribution in [0.4, 0.5) is 0 Å². The molecule has 1 aromatic carbocycles. The van der Waals surface area contributed by atoms with E-state index in [9.17, 15) is 9.59 Å². The minimum absolute atomic E-state index is 0.0692. The second-order valence-corrected chi connectivity index (χ2v) is 10.6. The van der Waals surface area contributed by atoms with Crippen molar-refractivity contribution in [2.45, 2.75) is 64.2 Å². The van der Waals surface area contributed by atoms with Gasteiger partial charge < -0.3 is 19.5 Å². The Hall–Kier alpha value is -2.80. The van der Waals surface area contributed by atoms with Gasteiger partial charge in [-0.1, -0.05) is 31.9 Å². The molecule has 1 aliphatic heterocycles. The number of rotatable bonds is 5. The molecule has 0 unspecified atom stereocenters. The highest BCUT2D eigenvalue weighted by molar-refractivity contribution is 7.17. The van der Waals surface area contributed by atoms with Gasteiger partial charge in [0, 0.05) is 12.6 Å². The average Bonchev–Trinajstić information content (AvgIpc) is 3.41. The third-order valence-corrected chi connectivity index (χ3v) is 8.29. The molecule has 0 bridgehead atoms. The number of ether oxygens (including phenoxy) is 1. The van der Waals surface area contributed by atoms with E-state index in [1.54, 1.807) is 23.3 Å². The van der Waals surface area contributed by atoms with E-state index < -0.39 is 5.54 Å². The molecular formula is C26H31N3O3S. The summed E-state index contributed by atoms with van der Waals surface area (Å²) in [5, 5.41) is 5.37. The Labute approximate surface area is 198 Å². The van der Waals surface area contributed by atoms with Crippen LogP contribution >= 0.6 is 11.3 Å². The van der Waals surface area contributed by atoms with Crippen molar-refractivity contribution < 1.29 is 14.3 Å². The summed E-state index contributed by atoms with van der Waals surface area (Å²) < 4.78 is 8.49. The molecule has 2 amide bonds. The third-order valence-electron chi connectivity index (χ3n) is 7.44. The van der Waals surface area contributed by atoms with Crippen molar-refractivity contribution in [1.82, 2.24) is 14.8 Å². The summed E-state index contributed by atoms with van der Waals surface area (Å²) in [7, 11) is 1.63. The maximum Gasteiger partial charge on any atom is 0.271 e. The molecule has 33 heavy (non-hydrogen) atoms. The third kappa shape index (κ3) is 3.82. The average molecular weight is 466 g/mol. The normalized spacial score (nSPS) is 25.2. The van der Waals surface area contributed by atoms with E-state index in [0.717, 1.165) is 40.8 Å². The van der Waals surface area contributed by atoms with Crippen LogP contribution < -0.4 is 10.1 Å². The Bertz CT molecular complexity index is 1200. The van der Waals surface area contributed by atoms with Gasteiger partial charge in [-0.15, -0.1) is 11.3 Å². The molecule has 5 rings (SSSR count). The van der Waals surface area contributed by atoms with Gasteiger partial charge in [0.2, 0.25) is 5.91 Å². The lowest BCUT2D eigenvalue weighted by Crippen LogP contribution is -2.65. The molecule has 1 saturated carbocycles. The summed E-state index contributed by atoms with van der Waals surface area (Å²) >= 11 is 1.62.